The summed E-state index contributed by atoms with van der Waals surface area (Å²) in [5.41, 5.74) is 0.917. The number of benzene rings is 1. The first-order valence-electron chi connectivity index (χ1n) is 5.42. The van der Waals surface area contributed by atoms with Crippen molar-refractivity contribution in [3.63, 3.8) is 0 Å². The number of hydrogen-bond donors (Lipinski definition) is 1. The minimum atomic E-state index is -0.703. The minimum Gasteiger partial charge on any atom is -0.376 e. The van der Waals surface area contributed by atoms with Crippen molar-refractivity contribution >= 4 is 28.6 Å². The van der Waals surface area contributed by atoms with Gasteiger partial charge in [-0.25, -0.2) is 13.8 Å². The van der Waals surface area contributed by atoms with Crippen molar-refractivity contribution in [1.82, 2.24) is 4.98 Å². The lowest BCUT2D eigenvalue weighted by molar-refractivity contribution is 0.585. The molecule has 0 bridgehead atoms. The van der Waals surface area contributed by atoms with Gasteiger partial charge in [-0.3, -0.25) is 0 Å². The van der Waals surface area contributed by atoms with Gasteiger partial charge < -0.3 is 5.32 Å². The van der Waals surface area contributed by atoms with E-state index in [0.717, 1.165) is 29.3 Å². The third-order valence-corrected chi connectivity index (χ3v) is 3.69. The Kier molecular flexibility index (Phi) is 4.14. The molecule has 0 aliphatic rings. The van der Waals surface area contributed by atoms with Gasteiger partial charge in [-0.05, 0) is 12.5 Å². The van der Waals surface area contributed by atoms with E-state index >= 15 is 0 Å². The van der Waals surface area contributed by atoms with Crippen LogP contribution in [-0.4, -0.2) is 4.98 Å². The molecule has 1 aromatic heterocycles. The van der Waals surface area contributed by atoms with Crippen LogP contribution in [0.2, 0.25) is 5.02 Å². The molecule has 0 atom stereocenters. The van der Waals surface area contributed by atoms with Gasteiger partial charge in [0.2, 0.25) is 0 Å². The van der Waals surface area contributed by atoms with Gasteiger partial charge in [-0.1, -0.05) is 18.5 Å². The van der Waals surface area contributed by atoms with E-state index in [1.165, 1.54) is 0 Å². The molecule has 0 saturated heterocycles. The minimum absolute atomic E-state index is 0.0263. The Bertz CT molecular complexity index is 534. The number of nitrogens with zero attached hydrogens (tertiary/aromatic N) is 1. The monoisotopic (exact) mass is 288 g/mol. The molecule has 0 unspecified atom stereocenters. The zero-order valence-corrected chi connectivity index (χ0v) is 11.2. The van der Waals surface area contributed by atoms with Crippen molar-refractivity contribution in [2.45, 2.75) is 19.9 Å². The Labute approximate surface area is 113 Å². The summed E-state index contributed by atoms with van der Waals surface area (Å²) < 4.78 is 26.3. The maximum Gasteiger partial charge on any atom is 0.150 e. The Balaban J connectivity index is 2.10. The first kappa shape index (κ1) is 13.2. The fourth-order valence-electron chi connectivity index (χ4n) is 1.48. The molecule has 0 radical (unpaired) electrons. The predicted octanol–water partition coefficient (Wildman–Crippen LogP) is 4.25. The molecule has 96 valence electrons. The highest BCUT2D eigenvalue weighted by atomic mass is 35.5. The lowest BCUT2D eigenvalue weighted by Gasteiger charge is -2.08. The Morgan fingerprint density at radius 1 is 1.39 bits per heavy atom. The quantitative estimate of drug-likeness (QED) is 0.910. The van der Waals surface area contributed by atoms with Crippen molar-refractivity contribution in [1.29, 1.82) is 0 Å². The normalized spacial score (nSPS) is 10.7. The summed E-state index contributed by atoms with van der Waals surface area (Å²) in [6.45, 7) is 2.38. The summed E-state index contributed by atoms with van der Waals surface area (Å²) >= 11 is 7.33. The largest absolute Gasteiger partial charge is 0.376 e. The molecular weight excluding hydrogens is 278 g/mol. The van der Waals surface area contributed by atoms with Crippen LogP contribution in [0.5, 0.6) is 0 Å². The lowest BCUT2D eigenvalue weighted by Crippen LogP contribution is -2.03. The van der Waals surface area contributed by atoms with Crippen LogP contribution in [0.1, 0.15) is 17.6 Å². The summed E-state index contributed by atoms with van der Waals surface area (Å²) in [6.07, 6.45) is 0.871. The zero-order chi connectivity index (χ0) is 13.1. The van der Waals surface area contributed by atoms with Crippen molar-refractivity contribution in [2.75, 3.05) is 5.32 Å². The van der Waals surface area contributed by atoms with E-state index in [4.69, 9.17) is 11.6 Å². The van der Waals surface area contributed by atoms with E-state index in [0.29, 0.717) is 6.54 Å². The Morgan fingerprint density at radius 2 is 2.17 bits per heavy atom. The van der Waals surface area contributed by atoms with Gasteiger partial charge in [0.25, 0.3) is 0 Å². The van der Waals surface area contributed by atoms with E-state index < -0.39 is 11.6 Å². The molecule has 6 heteroatoms. The van der Waals surface area contributed by atoms with Crippen LogP contribution in [0.4, 0.5) is 14.5 Å². The molecule has 0 amide bonds. The molecule has 0 spiro atoms. The first-order valence-corrected chi connectivity index (χ1v) is 6.67. The van der Waals surface area contributed by atoms with E-state index in [1.54, 1.807) is 11.3 Å². The van der Waals surface area contributed by atoms with Crippen LogP contribution in [-0.2, 0) is 13.0 Å². The summed E-state index contributed by atoms with van der Waals surface area (Å²) in [6, 6.07) is 1.87. The van der Waals surface area contributed by atoms with Gasteiger partial charge in [-0.2, -0.15) is 0 Å². The fourth-order valence-corrected chi connectivity index (χ4v) is 2.49. The second-order valence-electron chi connectivity index (χ2n) is 3.68. The maximum absolute atomic E-state index is 13.5. The van der Waals surface area contributed by atoms with E-state index in [9.17, 15) is 8.78 Å². The van der Waals surface area contributed by atoms with Crippen LogP contribution in [0.25, 0.3) is 0 Å². The van der Waals surface area contributed by atoms with Crippen molar-refractivity contribution in [2.24, 2.45) is 0 Å². The number of nitrogens with one attached hydrogen (secondary N) is 1. The van der Waals surface area contributed by atoms with Crippen molar-refractivity contribution in [3.8, 4) is 0 Å². The molecule has 1 heterocycles. The zero-order valence-electron chi connectivity index (χ0n) is 9.64. The number of hydrogen-bond acceptors (Lipinski definition) is 3. The van der Waals surface area contributed by atoms with Crippen molar-refractivity contribution < 1.29 is 8.78 Å². The highest BCUT2D eigenvalue weighted by Crippen LogP contribution is 2.26. The van der Waals surface area contributed by atoms with Crippen LogP contribution in [0, 0.1) is 11.6 Å². The summed E-state index contributed by atoms with van der Waals surface area (Å²) in [5.74, 6) is -1.39. The van der Waals surface area contributed by atoms with Gasteiger partial charge in [-0.15, -0.1) is 11.3 Å². The average Bonchev–Trinajstić information content (AvgIpc) is 2.75. The number of rotatable bonds is 4. The lowest BCUT2D eigenvalue weighted by atomic mass is 10.3. The van der Waals surface area contributed by atoms with Gasteiger partial charge in [0.1, 0.15) is 5.82 Å². The topological polar surface area (TPSA) is 24.9 Å². The standard InChI is InChI=1S/C12H11ClF2N2S/c1-2-11-17-8(6-18-11)5-16-12-9(13)3-7(14)4-10(12)15/h3-4,6,16H,2,5H2,1H3. The summed E-state index contributed by atoms with van der Waals surface area (Å²) in [5, 5.41) is 5.79. The first-order chi connectivity index (χ1) is 8.60. The molecule has 18 heavy (non-hydrogen) atoms. The molecule has 0 saturated carbocycles. The number of thiazole rings is 1. The smallest absolute Gasteiger partial charge is 0.150 e. The summed E-state index contributed by atoms with van der Waals surface area (Å²) in [7, 11) is 0. The average molecular weight is 289 g/mol. The molecule has 1 aromatic carbocycles. The van der Waals surface area contributed by atoms with Crippen LogP contribution < -0.4 is 5.32 Å². The predicted molar refractivity (Wildman–Crippen MR) is 70.2 cm³/mol. The second-order valence-corrected chi connectivity index (χ2v) is 5.03. The van der Waals surface area contributed by atoms with Gasteiger partial charge in [0.15, 0.2) is 5.82 Å². The molecule has 0 aliphatic heterocycles. The van der Waals surface area contributed by atoms with Gasteiger partial charge >= 0.3 is 0 Å². The molecule has 0 aliphatic carbocycles. The molecule has 1 N–H and O–H groups in total. The Morgan fingerprint density at radius 3 is 2.78 bits per heavy atom. The molecule has 0 fully saturated rings. The molecule has 2 rings (SSSR count). The number of aryl methyl sites for hydroxylation is 1. The van der Waals surface area contributed by atoms with Crippen LogP contribution in [0.3, 0.4) is 0 Å². The maximum atomic E-state index is 13.5. The number of anilines is 1. The molecule has 2 aromatic rings. The fraction of sp³-hybridized carbons (Fsp3) is 0.250. The summed E-state index contributed by atoms with van der Waals surface area (Å²) in [4.78, 5) is 4.34. The Hall–Kier alpha value is -1.20. The highest BCUT2D eigenvalue weighted by molar-refractivity contribution is 7.09. The van der Waals surface area contributed by atoms with E-state index in [-0.39, 0.29) is 10.7 Å². The van der Waals surface area contributed by atoms with Gasteiger partial charge in [0, 0.05) is 11.4 Å². The number of aromatic nitrogens is 1. The van der Waals surface area contributed by atoms with E-state index in [1.807, 2.05) is 12.3 Å². The van der Waals surface area contributed by atoms with Crippen LogP contribution >= 0.6 is 22.9 Å². The SMILES string of the molecule is CCc1nc(CNc2c(F)cc(F)cc2Cl)cs1. The highest BCUT2D eigenvalue weighted by Gasteiger charge is 2.10. The second kappa shape index (κ2) is 5.63. The van der Waals surface area contributed by atoms with Gasteiger partial charge in [0.05, 0.1) is 28.0 Å². The number of halogens is 3. The van der Waals surface area contributed by atoms with Crippen molar-refractivity contribution in [3.05, 3.63) is 44.9 Å². The third kappa shape index (κ3) is 2.97. The molecule has 2 nitrogen and oxygen atoms in total. The van der Waals surface area contributed by atoms with Crippen LogP contribution in [0.15, 0.2) is 17.5 Å². The molecular formula is C12H11ClF2N2S. The third-order valence-electron chi connectivity index (χ3n) is 2.35. The van der Waals surface area contributed by atoms with E-state index in [2.05, 4.69) is 10.3 Å².